The summed E-state index contributed by atoms with van der Waals surface area (Å²) in [6.07, 6.45) is 1.31. The van der Waals surface area contributed by atoms with Gasteiger partial charge in [0.2, 0.25) is 20.0 Å². The second-order valence-corrected chi connectivity index (χ2v) is 7.92. The normalized spacial score (nSPS) is 19.9. The Balaban J connectivity index is 2.05. The van der Waals surface area contributed by atoms with Crippen molar-refractivity contribution in [2.45, 2.75) is 23.8 Å². The predicted molar refractivity (Wildman–Crippen MR) is 74.2 cm³/mol. The molecule has 3 N–H and O–H groups in total. The number of hydrogen-bond donors (Lipinski definition) is 2. The molecule has 0 amide bonds. The Morgan fingerprint density at radius 1 is 1.20 bits per heavy atom. The largest absolute Gasteiger partial charge is 0.377 e. The Labute approximate surface area is 118 Å². The van der Waals surface area contributed by atoms with Gasteiger partial charge in [0.25, 0.3) is 0 Å². The lowest BCUT2D eigenvalue weighted by Gasteiger charge is -2.12. The van der Waals surface area contributed by atoms with Gasteiger partial charge in [-0.25, -0.2) is 22.0 Å². The van der Waals surface area contributed by atoms with E-state index >= 15 is 0 Å². The van der Waals surface area contributed by atoms with Crippen LogP contribution in [0.15, 0.2) is 29.2 Å². The molecule has 7 nitrogen and oxygen atoms in total. The third-order valence-electron chi connectivity index (χ3n) is 2.89. The highest BCUT2D eigenvalue weighted by Gasteiger charge is 2.23. The second kappa shape index (κ2) is 5.68. The molecule has 0 radical (unpaired) electrons. The lowest BCUT2D eigenvalue weighted by atomic mass is 10.3. The van der Waals surface area contributed by atoms with Gasteiger partial charge < -0.3 is 4.74 Å². The molecule has 20 heavy (non-hydrogen) atoms. The molecular weight excluding hydrogens is 304 g/mol. The van der Waals surface area contributed by atoms with E-state index in [1.54, 1.807) is 0 Å². The average Bonchev–Trinajstić information content (AvgIpc) is 2.79. The minimum absolute atomic E-state index is 0.0698. The molecule has 0 spiro atoms. The number of ether oxygens (including phenoxy) is 1. The van der Waals surface area contributed by atoms with Crippen molar-refractivity contribution < 1.29 is 21.6 Å². The first-order chi connectivity index (χ1) is 9.26. The van der Waals surface area contributed by atoms with Crippen molar-refractivity contribution in [3.63, 3.8) is 0 Å². The summed E-state index contributed by atoms with van der Waals surface area (Å²) in [6.45, 7) is 0.587. The fourth-order valence-corrected chi connectivity index (χ4v) is 3.80. The summed E-state index contributed by atoms with van der Waals surface area (Å²) in [6, 6.07) is 5.21. The summed E-state index contributed by atoms with van der Waals surface area (Å²) >= 11 is 0. The lowest BCUT2D eigenvalue weighted by Crippen LogP contribution is -2.25. The highest BCUT2D eigenvalue weighted by Crippen LogP contribution is 2.17. The van der Waals surface area contributed by atoms with E-state index in [4.69, 9.17) is 9.88 Å². The first-order valence-electron chi connectivity index (χ1n) is 6.01. The van der Waals surface area contributed by atoms with Crippen LogP contribution in [0.5, 0.6) is 0 Å². The fraction of sp³-hybridized carbons (Fsp3) is 0.455. The lowest BCUT2D eigenvalue weighted by molar-refractivity contribution is 0.127. The Morgan fingerprint density at radius 2 is 1.85 bits per heavy atom. The molecule has 0 bridgehead atoms. The SMILES string of the molecule is NS(=O)(=O)c1ccc(NS(=O)(=O)CC2CCCO2)cc1. The van der Waals surface area contributed by atoms with Gasteiger partial charge in [0.05, 0.1) is 16.8 Å². The standard InChI is InChI=1S/C11H16N2O5S2/c12-20(16,17)11-5-3-9(4-6-11)13-19(14,15)8-10-2-1-7-18-10/h3-6,10,13H,1-2,7-8H2,(H2,12,16,17). The summed E-state index contributed by atoms with van der Waals surface area (Å²) in [5.74, 6) is -0.107. The molecule has 0 saturated carbocycles. The Bertz CT molecular complexity index is 661. The van der Waals surface area contributed by atoms with Crippen LogP contribution in [0.1, 0.15) is 12.8 Å². The third kappa shape index (κ3) is 4.17. The van der Waals surface area contributed by atoms with Gasteiger partial charge in [-0.15, -0.1) is 0 Å². The van der Waals surface area contributed by atoms with Crippen LogP contribution in [-0.4, -0.2) is 35.3 Å². The van der Waals surface area contributed by atoms with Crippen LogP contribution in [0.3, 0.4) is 0 Å². The van der Waals surface area contributed by atoms with E-state index < -0.39 is 20.0 Å². The minimum Gasteiger partial charge on any atom is -0.377 e. The van der Waals surface area contributed by atoms with Gasteiger partial charge in [-0.3, -0.25) is 4.72 Å². The van der Waals surface area contributed by atoms with Crippen LogP contribution in [0.2, 0.25) is 0 Å². The molecular formula is C11H16N2O5S2. The van der Waals surface area contributed by atoms with Gasteiger partial charge in [0, 0.05) is 12.3 Å². The fourth-order valence-electron chi connectivity index (χ4n) is 1.95. The average molecular weight is 320 g/mol. The van der Waals surface area contributed by atoms with Crippen LogP contribution < -0.4 is 9.86 Å². The molecule has 1 atom stereocenters. The van der Waals surface area contributed by atoms with Gasteiger partial charge >= 0.3 is 0 Å². The van der Waals surface area contributed by atoms with Crippen molar-refractivity contribution in [2.24, 2.45) is 5.14 Å². The van der Waals surface area contributed by atoms with Crippen LogP contribution >= 0.6 is 0 Å². The maximum absolute atomic E-state index is 11.9. The van der Waals surface area contributed by atoms with E-state index in [1.165, 1.54) is 24.3 Å². The number of nitrogens with one attached hydrogen (secondary N) is 1. The van der Waals surface area contributed by atoms with Crippen molar-refractivity contribution in [3.05, 3.63) is 24.3 Å². The summed E-state index contributed by atoms with van der Waals surface area (Å²) in [7, 11) is -7.30. The van der Waals surface area contributed by atoms with Gasteiger partial charge in [-0.2, -0.15) is 0 Å². The number of anilines is 1. The van der Waals surface area contributed by atoms with Crippen molar-refractivity contribution in [2.75, 3.05) is 17.1 Å². The summed E-state index contributed by atoms with van der Waals surface area (Å²) in [5.41, 5.74) is 0.287. The van der Waals surface area contributed by atoms with E-state index in [1.807, 2.05) is 0 Å². The highest BCUT2D eigenvalue weighted by atomic mass is 32.2. The summed E-state index contributed by atoms with van der Waals surface area (Å²) in [4.78, 5) is -0.0698. The predicted octanol–water partition coefficient (Wildman–Crippen LogP) is 0.255. The molecule has 1 aliphatic heterocycles. The summed E-state index contributed by atoms with van der Waals surface area (Å²) < 4.78 is 53.6. The van der Waals surface area contributed by atoms with Crippen molar-refractivity contribution in [1.82, 2.24) is 0 Å². The van der Waals surface area contributed by atoms with E-state index in [0.29, 0.717) is 6.61 Å². The van der Waals surface area contributed by atoms with Crippen LogP contribution in [-0.2, 0) is 24.8 Å². The summed E-state index contributed by atoms with van der Waals surface area (Å²) in [5, 5.41) is 4.96. The number of rotatable bonds is 5. The smallest absolute Gasteiger partial charge is 0.238 e. The molecule has 1 unspecified atom stereocenters. The topological polar surface area (TPSA) is 116 Å². The van der Waals surface area contributed by atoms with E-state index in [2.05, 4.69) is 4.72 Å². The molecule has 1 fully saturated rings. The third-order valence-corrected chi connectivity index (χ3v) is 5.17. The van der Waals surface area contributed by atoms with Crippen molar-refractivity contribution in [3.8, 4) is 0 Å². The molecule has 1 aromatic carbocycles. The molecule has 1 aliphatic rings. The number of sulfonamides is 2. The van der Waals surface area contributed by atoms with Gasteiger partial charge in [0.15, 0.2) is 0 Å². The van der Waals surface area contributed by atoms with Gasteiger partial charge in [-0.1, -0.05) is 0 Å². The number of primary sulfonamides is 1. The molecule has 0 aliphatic carbocycles. The van der Waals surface area contributed by atoms with Crippen molar-refractivity contribution >= 4 is 25.7 Å². The number of nitrogens with two attached hydrogens (primary N) is 1. The van der Waals surface area contributed by atoms with Gasteiger partial charge in [0.1, 0.15) is 0 Å². The number of hydrogen-bond acceptors (Lipinski definition) is 5. The molecule has 1 heterocycles. The first kappa shape index (κ1) is 15.2. The maximum Gasteiger partial charge on any atom is 0.238 e. The molecule has 2 rings (SSSR count). The molecule has 9 heteroatoms. The van der Waals surface area contributed by atoms with Gasteiger partial charge in [-0.05, 0) is 37.1 Å². The zero-order chi connectivity index (χ0) is 14.8. The Hall–Kier alpha value is -1.16. The zero-order valence-electron chi connectivity index (χ0n) is 10.7. The molecule has 112 valence electrons. The Kier molecular flexibility index (Phi) is 4.33. The molecule has 1 saturated heterocycles. The second-order valence-electron chi connectivity index (χ2n) is 4.59. The minimum atomic E-state index is -3.78. The quantitative estimate of drug-likeness (QED) is 0.807. The van der Waals surface area contributed by atoms with Crippen LogP contribution in [0.25, 0.3) is 0 Å². The Morgan fingerprint density at radius 3 is 2.35 bits per heavy atom. The molecule has 1 aromatic rings. The number of benzene rings is 1. The van der Waals surface area contributed by atoms with E-state index in [0.717, 1.165) is 12.8 Å². The van der Waals surface area contributed by atoms with E-state index in [9.17, 15) is 16.8 Å². The van der Waals surface area contributed by atoms with E-state index in [-0.39, 0.29) is 22.4 Å². The van der Waals surface area contributed by atoms with Crippen LogP contribution in [0, 0.1) is 0 Å². The van der Waals surface area contributed by atoms with Crippen molar-refractivity contribution in [1.29, 1.82) is 0 Å². The first-order valence-corrected chi connectivity index (χ1v) is 9.21. The maximum atomic E-state index is 11.9. The monoisotopic (exact) mass is 320 g/mol. The van der Waals surface area contributed by atoms with Crippen LogP contribution in [0.4, 0.5) is 5.69 Å². The molecule has 0 aromatic heterocycles. The highest BCUT2D eigenvalue weighted by molar-refractivity contribution is 7.92. The zero-order valence-corrected chi connectivity index (χ0v) is 12.3.